The predicted molar refractivity (Wildman–Crippen MR) is 114 cm³/mol. The molecule has 0 saturated heterocycles. The summed E-state index contributed by atoms with van der Waals surface area (Å²) in [6.07, 6.45) is 0. The Labute approximate surface area is 186 Å². The molecule has 0 radical (unpaired) electrons. The maximum absolute atomic E-state index is 13.0. The van der Waals surface area contributed by atoms with E-state index in [1.54, 1.807) is 0 Å². The van der Waals surface area contributed by atoms with E-state index in [0.29, 0.717) is 0 Å². The monoisotopic (exact) mass is 492 g/mol. The normalized spacial score (nSPS) is 13.8. The molecule has 3 aromatic carbocycles. The highest BCUT2D eigenvalue weighted by molar-refractivity contribution is 7.87. The van der Waals surface area contributed by atoms with Crippen LogP contribution in [0.15, 0.2) is 54.6 Å². The summed E-state index contributed by atoms with van der Waals surface area (Å²) < 4.78 is 34.1. The lowest BCUT2D eigenvalue weighted by Crippen LogP contribution is -2.39. The first-order chi connectivity index (χ1) is 13.5. The first-order valence-electron chi connectivity index (χ1n) is 7.89. The molecule has 0 heterocycles. The Morgan fingerprint density at radius 1 is 0.759 bits per heavy atom. The van der Waals surface area contributed by atoms with Crippen molar-refractivity contribution in [3.05, 3.63) is 91.4 Å². The molecule has 0 fully saturated rings. The number of rotatable bonds is 4. The Hall–Kier alpha value is -1.67. The fraction of sp³-hybridized carbons (Fsp3) is 0.0526. The van der Waals surface area contributed by atoms with Gasteiger partial charge in [-0.3, -0.25) is 4.55 Å². The predicted octanol–water partition coefficient (Wildman–Crippen LogP) is 5.89. The largest absolute Gasteiger partial charge is 0.508 e. The van der Waals surface area contributed by atoms with E-state index >= 15 is 0 Å². The van der Waals surface area contributed by atoms with E-state index in [2.05, 4.69) is 0 Å². The van der Waals surface area contributed by atoms with Crippen molar-refractivity contribution < 1.29 is 23.2 Å². The van der Waals surface area contributed by atoms with Gasteiger partial charge in [-0.1, -0.05) is 70.7 Å². The fourth-order valence-electron chi connectivity index (χ4n) is 3.25. The Kier molecular flexibility index (Phi) is 5.98. The molecule has 1 atom stereocenters. The minimum absolute atomic E-state index is 0.0170. The van der Waals surface area contributed by atoms with Crippen molar-refractivity contribution >= 4 is 56.5 Å². The molecule has 0 spiro atoms. The molecule has 3 rings (SSSR count). The van der Waals surface area contributed by atoms with Crippen molar-refractivity contribution in [2.45, 2.75) is 4.75 Å². The van der Waals surface area contributed by atoms with Crippen molar-refractivity contribution in [3.63, 3.8) is 0 Å². The first-order valence-corrected chi connectivity index (χ1v) is 10.8. The number of hydrogen-bond acceptors (Lipinski definition) is 4. The average molecular weight is 494 g/mol. The fourth-order valence-corrected chi connectivity index (χ4v) is 5.97. The molecule has 0 aromatic heterocycles. The molecule has 10 heteroatoms. The smallest absolute Gasteiger partial charge is 0.283 e. The number of phenols is 2. The second kappa shape index (κ2) is 7.87. The van der Waals surface area contributed by atoms with Gasteiger partial charge in [-0.15, -0.1) is 0 Å². The van der Waals surface area contributed by atoms with E-state index in [1.165, 1.54) is 36.4 Å². The van der Waals surface area contributed by atoms with Crippen molar-refractivity contribution in [1.29, 1.82) is 0 Å². The summed E-state index contributed by atoms with van der Waals surface area (Å²) in [6.45, 7) is 0. The molecule has 152 valence electrons. The van der Waals surface area contributed by atoms with Crippen LogP contribution in [-0.4, -0.2) is 23.2 Å². The number of benzene rings is 3. The lowest BCUT2D eigenvalue weighted by Gasteiger charge is -2.34. The van der Waals surface area contributed by atoms with E-state index in [9.17, 15) is 23.2 Å². The molecule has 0 aliphatic carbocycles. The summed E-state index contributed by atoms with van der Waals surface area (Å²) in [7, 11) is -5.10. The van der Waals surface area contributed by atoms with Crippen LogP contribution in [0.1, 0.15) is 16.7 Å². The highest BCUT2D eigenvalue weighted by Gasteiger charge is 2.52. The molecular weight excluding hydrogens is 482 g/mol. The Morgan fingerprint density at radius 2 is 1.34 bits per heavy atom. The van der Waals surface area contributed by atoms with Crippen molar-refractivity contribution in [3.8, 4) is 11.5 Å². The molecule has 0 saturated carbocycles. The number of halogens is 4. The molecule has 3 aromatic rings. The Bertz CT molecular complexity index is 1190. The molecule has 3 N–H and O–H groups in total. The van der Waals surface area contributed by atoms with Gasteiger partial charge in [0.1, 0.15) is 11.5 Å². The second-order valence-corrected chi connectivity index (χ2v) is 9.25. The van der Waals surface area contributed by atoms with Gasteiger partial charge < -0.3 is 10.2 Å². The first kappa shape index (κ1) is 22.0. The third-order valence-electron chi connectivity index (χ3n) is 4.35. The van der Waals surface area contributed by atoms with Gasteiger partial charge in [0.2, 0.25) is 0 Å². The summed E-state index contributed by atoms with van der Waals surface area (Å²) in [5, 5.41) is 19.1. The van der Waals surface area contributed by atoms with Crippen LogP contribution in [0, 0.1) is 0 Å². The summed E-state index contributed by atoms with van der Waals surface area (Å²) in [4.78, 5) is 0. The van der Waals surface area contributed by atoms with E-state index in [4.69, 9.17) is 46.4 Å². The molecule has 5 nitrogen and oxygen atoms in total. The van der Waals surface area contributed by atoms with Crippen LogP contribution < -0.4 is 0 Å². The summed E-state index contributed by atoms with van der Waals surface area (Å²) in [5.41, 5.74) is -0.510. The Balaban J connectivity index is 2.66. The van der Waals surface area contributed by atoms with Crippen molar-refractivity contribution in [2.75, 3.05) is 0 Å². The molecule has 29 heavy (non-hydrogen) atoms. The van der Waals surface area contributed by atoms with Crippen LogP contribution in [0.5, 0.6) is 11.5 Å². The molecule has 0 bridgehead atoms. The van der Waals surface area contributed by atoms with Gasteiger partial charge in [0.25, 0.3) is 10.1 Å². The quantitative estimate of drug-likeness (QED) is 0.311. The van der Waals surface area contributed by atoms with Crippen LogP contribution in [0.3, 0.4) is 0 Å². The van der Waals surface area contributed by atoms with Gasteiger partial charge in [0.15, 0.2) is 4.75 Å². The maximum atomic E-state index is 13.0. The number of aromatic hydroxyl groups is 2. The third-order valence-corrected chi connectivity index (χ3v) is 7.20. The molecule has 0 amide bonds. The second-order valence-electron chi connectivity index (χ2n) is 6.09. The van der Waals surface area contributed by atoms with Crippen LogP contribution in [0.4, 0.5) is 0 Å². The van der Waals surface area contributed by atoms with Gasteiger partial charge >= 0.3 is 0 Å². The maximum Gasteiger partial charge on any atom is 0.283 e. The van der Waals surface area contributed by atoms with Gasteiger partial charge in [0.05, 0.1) is 20.1 Å². The van der Waals surface area contributed by atoms with Gasteiger partial charge in [-0.05, 0) is 35.9 Å². The van der Waals surface area contributed by atoms with Crippen LogP contribution in [0.25, 0.3) is 0 Å². The molecule has 0 aliphatic heterocycles. The third kappa shape index (κ3) is 3.65. The van der Waals surface area contributed by atoms with Gasteiger partial charge in [0, 0.05) is 11.1 Å². The number of phenolic OH excluding ortho intramolecular Hbond substituents is 2. The standard InChI is InChI=1S/C19H12Cl4O5S/c20-14-6-2-5-13(18(14)23)19(29(26,27)28,10-3-1-4-11(24)7-10)17-15(21)8-12(25)9-16(17)22/h1-9,24-25H,(H,26,27,28). The highest BCUT2D eigenvalue weighted by atomic mass is 35.5. The summed E-state index contributed by atoms with van der Waals surface area (Å²) in [5.74, 6) is -0.596. The highest BCUT2D eigenvalue weighted by Crippen LogP contribution is 2.52. The molecular formula is C19H12Cl4O5S. The van der Waals surface area contributed by atoms with E-state index in [1.807, 2.05) is 0 Å². The Morgan fingerprint density at radius 3 is 1.90 bits per heavy atom. The zero-order valence-corrected chi connectivity index (χ0v) is 18.1. The lowest BCUT2D eigenvalue weighted by molar-refractivity contribution is 0.455. The zero-order valence-electron chi connectivity index (χ0n) is 14.3. The van der Waals surface area contributed by atoms with E-state index < -0.39 is 14.9 Å². The summed E-state index contributed by atoms with van der Waals surface area (Å²) in [6, 6.07) is 11.5. The minimum Gasteiger partial charge on any atom is -0.508 e. The number of hydrogen-bond donors (Lipinski definition) is 3. The van der Waals surface area contributed by atoms with Crippen molar-refractivity contribution in [1.82, 2.24) is 0 Å². The van der Waals surface area contributed by atoms with Crippen LogP contribution in [-0.2, 0) is 14.9 Å². The van der Waals surface area contributed by atoms with Crippen LogP contribution in [0.2, 0.25) is 20.1 Å². The minimum atomic E-state index is -5.10. The summed E-state index contributed by atoms with van der Waals surface area (Å²) >= 11 is 25.1. The van der Waals surface area contributed by atoms with E-state index in [-0.39, 0.29) is 48.3 Å². The van der Waals surface area contributed by atoms with Gasteiger partial charge in [-0.25, -0.2) is 0 Å². The van der Waals surface area contributed by atoms with Crippen LogP contribution >= 0.6 is 46.4 Å². The SMILES string of the molecule is O=S(=O)(O)C(c1cccc(O)c1)(c1cccc(Cl)c1Cl)c1c(Cl)cc(O)cc1Cl. The van der Waals surface area contributed by atoms with Gasteiger partial charge in [-0.2, -0.15) is 8.42 Å². The zero-order chi connectivity index (χ0) is 21.6. The molecule has 0 aliphatic rings. The van der Waals surface area contributed by atoms with E-state index in [0.717, 1.165) is 18.2 Å². The lowest BCUT2D eigenvalue weighted by atomic mass is 9.83. The molecule has 1 unspecified atom stereocenters. The topological polar surface area (TPSA) is 94.8 Å². The average Bonchev–Trinajstić information content (AvgIpc) is 2.59. The van der Waals surface area contributed by atoms with Crippen molar-refractivity contribution in [2.24, 2.45) is 0 Å².